The molecule has 4 heteroatoms. The summed E-state index contributed by atoms with van der Waals surface area (Å²) in [5.74, 6) is 5.54. The van der Waals surface area contributed by atoms with Crippen LogP contribution in [0.15, 0.2) is 47.5 Å². The van der Waals surface area contributed by atoms with Crippen molar-refractivity contribution < 1.29 is 22.6 Å². The molecule has 0 saturated heterocycles. The molecule has 0 heterocycles. The molecule has 178 valence electrons. The van der Waals surface area contributed by atoms with Gasteiger partial charge in [-0.05, 0) is 66.0 Å². The van der Waals surface area contributed by atoms with Crippen LogP contribution in [0, 0.1) is 43.1 Å². The zero-order chi connectivity index (χ0) is 23.0. The standard InChI is InChI=1S/C17H16NO.C10H20.CH3.ClH.Ir/c1-19-15-11-9-14(10-12-15)18-17-8-4-6-13-5-2-3-7-16(13)17;1-6-7(2)9(4)10(5)8(6)3;;;/h2-3,5,9-12H,4,6,8H2,1H3;6-10H,1-5H3;1H3;1H;/q-1;;-1;;+3/p-1. The number of nitrogens with zero attached hydrogens (tertiary/aromatic N) is 1. The normalized spacial score (nSPS) is 27.1. The SMILES string of the molecule is CC1C(C)C(C)C(C)C1C.COc1ccc(N=C2CCCc3ccc[c-]c32)cc1.[CH3-].[Cl][Ir+2]. The molecule has 2 aliphatic carbocycles. The van der Waals surface area contributed by atoms with Gasteiger partial charge in [0, 0.05) is 0 Å². The molecule has 2 aromatic rings. The molecule has 0 N–H and O–H groups in total. The third kappa shape index (κ3) is 7.17. The van der Waals surface area contributed by atoms with Crippen molar-refractivity contribution in [3.8, 4) is 5.75 Å². The first-order chi connectivity index (χ1) is 14.9. The van der Waals surface area contributed by atoms with E-state index in [1.807, 2.05) is 30.3 Å². The number of hydrogen-bond donors (Lipinski definition) is 0. The number of rotatable bonds is 2. The Bertz CT molecular complexity index is 791. The topological polar surface area (TPSA) is 21.6 Å². The quantitative estimate of drug-likeness (QED) is 0.306. The molecule has 0 radical (unpaired) electrons. The molecule has 2 aliphatic rings. The van der Waals surface area contributed by atoms with Gasteiger partial charge < -0.3 is 17.2 Å². The number of benzene rings is 2. The molecular formula is C28H39ClIrNO. The number of aryl methyl sites for hydroxylation is 1. The molecule has 0 spiro atoms. The van der Waals surface area contributed by atoms with Crippen molar-refractivity contribution in [3.63, 3.8) is 0 Å². The van der Waals surface area contributed by atoms with Crippen LogP contribution in [-0.2, 0) is 24.3 Å². The molecule has 2 aromatic carbocycles. The Labute approximate surface area is 211 Å². The second-order valence-corrected chi connectivity index (χ2v) is 8.98. The Kier molecular flexibility index (Phi) is 12.8. The summed E-state index contributed by atoms with van der Waals surface area (Å²) in [6.07, 6.45) is 3.33. The van der Waals surface area contributed by atoms with E-state index in [-0.39, 0.29) is 7.43 Å². The fourth-order valence-corrected chi connectivity index (χ4v) is 4.84. The van der Waals surface area contributed by atoms with Crippen molar-refractivity contribution in [2.45, 2.75) is 53.9 Å². The second kappa shape index (κ2) is 14.2. The molecule has 0 aromatic heterocycles. The molecular weight excluding hydrogens is 594 g/mol. The first-order valence-corrected chi connectivity index (χ1v) is 14.2. The van der Waals surface area contributed by atoms with Crippen LogP contribution in [0.2, 0.25) is 0 Å². The van der Waals surface area contributed by atoms with Gasteiger partial charge in [-0.3, -0.25) is 0 Å². The first-order valence-electron chi connectivity index (χ1n) is 11.3. The Morgan fingerprint density at radius 1 is 0.875 bits per heavy atom. The van der Waals surface area contributed by atoms with Gasteiger partial charge in [-0.2, -0.15) is 0 Å². The predicted molar refractivity (Wildman–Crippen MR) is 135 cm³/mol. The third-order valence-electron chi connectivity index (χ3n) is 7.57. The van der Waals surface area contributed by atoms with Gasteiger partial charge in [0.05, 0.1) is 12.8 Å². The summed E-state index contributed by atoms with van der Waals surface area (Å²) in [6, 6.07) is 17.4. The average molecular weight is 633 g/mol. The number of ether oxygens (including phenoxy) is 1. The van der Waals surface area contributed by atoms with E-state index >= 15 is 0 Å². The molecule has 2 nitrogen and oxygen atoms in total. The van der Waals surface area contributed by atoms with Crippen LogP contribution in [0.3, 0.4) is 0 Å². The van der Waals surface area contributed by atoms with E-state index in [4.69, 9.17) is 9.73 Å². The molecule has 0 amide bonds. The van der Waals surface area contributed by atoms with Crippen LogP contribution in [0.1, 0.15) is 58.6 Å². The van der Waals surface area contributed by atoms with E-state index in [1.54, 1.807) is 7.11 Å². The predicted octanol–water partition coefficient (Wildman–Crippen LogP) is 8.27. The number of hydrogen-bond acceptors (Lipinski definition) is 2. The third-order valence-corrected chi connectivity index (χ3v) is 7.57. The van der Waals surface area contributed by atoms with Crippen LogP contribution in [0.4, 0.5) is 5.69 Å². The molecule has 0 aliphatic heterocycles. The fourth-order valence-electron chi connectivity index (χ4n) is 4.84. The molecule has 32 heavy (non-hydrogen) atoms. The summed E-state index contributed by atoms with van der Waals surface area (Å²) in [7, 11) is 6.31. The summed E-state index contributed by atoms with van der Waals surface area (Å²) in [6.45, 7) is 12.0. The Balaban J connectivity index is 0.000000337. The summed E-state index contributed by atoms with van der Waals surface area (Å²) in [4.78, 5) is 4.76. The Morgan fingerprint density at radius 2 is 1.41 bits per heavy atom. The molecule has 0 atom stereocenters. The zero-order valence-corrected chi connectivity index (χ0v) is 23.8. The van der Waals surface area contributed by atoms with Crippen LogP contribution in [-0.4, -0.2) is 12.8 Å². The molecule has 4 rings (SSSR count). The average Bonchev–Trinajstić information content (AvgIpc) is 2.99. The van der Waals surface area contributed by atoms with Crippen molar-refractivity contribution >= 4 is 21.0 Å². The van der Waals surface area contributed by atoms with Gasteiger partial charge in [-0.1, -0.05) is 47.5 Å². The van der Waals surface area contributed by atoms with Gasteiger partial charge in [-0.25, -0.2) is 0 Å². The summed E-state index contributed by atoms with van der Waals surface area (Å²) >= 11 is 1.47. The van der Waals surface area contributed by atoms with E-state index in [0.29, 0.717) is 0 Å². The van der Waals surface area contributed by atoms with Crippen LogP contribution < -0.4 is 4.74 Å². The molecule has 0 bridgehead atoms. The number of halogens is 1. The van der Waals surface area contributed by atoms with Gasteiger partial charge in [-0.15, -0.1) is 35.4 Å². The number of fused-ring (bicyclic) bond motifs is 1. The number of methoxy groups -OCH3 is 1. The first kappa shape index (κ1) is 28.9. The van der Waals surface area contributed by atoms with Gasteiger partial charge in [0.25, 0.3) is 0 Å². The second-order valence-electron chi connectivity index (χ2n) is 8.98. The summed E-state index contributed by atoms with van der Waals surface area (Å²) in [5.41, 5.74) is 4.67. The van der Waals surface area contributed by atoms with Gasteiger partial charge >= 0.3 is 27.5 Å². The Morgan fingerprint density at radius 3 is 1.91 bits per heavy atom. The minimum absolute atomic E-state index is 0. The minimum atomic E-state index is 0. The molecule has 1 fully saturated rings. The van der Waals surface area contributed by atoms with Gasteiger partial charge in [0.2, 0.25) is 0 Å². The van der Waals surface area contributed by atoms with E-state index in [1.165, 1.54) is 35.4 Å². The summed E-state index contributed by atoms with van der Waals surface area (Å²) < 4.78 is 5.16. The van der Waals surface area contributed by atoms with Crippen molar-refractivity contribution in [1.29, 1.82) is 0 Å². The van der Waals surface area contributed by atoms with E-state index in [9.17, 15) is 0 Å². The van der Waals surface area contributed by atoms with Crippen molar-refractivity contribution in [2.24, 2.45) is 34.6 Å². The van der Waals surface area contributed by atoms with E-state index in [2.05, 4.69) is 62.4 Å². The van der Waals surface area contributed by atoms with Gasteiger partial charge in [0.15, 0.2) is 0 Å². The maximum absolute atomic E-state index is 5.16. The Hall–Kier alpha value is -1.15. The monoisotopic (exact) mass is 633 g/mol. The fraction of sp³-hybridized carbons (Fsp3) is 0.500. The van der Waals surface area contributed by atoms with Crippen LogP contribution in [0.5, 0.6) is 5.75 Å². The van der Waals surface area contributed by atoms with Crippen molar-refractivity contribution in [1.82, 2.24) is 0 Å². The van der Waals surface area contributed by atoms with E-state index in [0.717, 1.165) is 59.6 Å². The number of aliphatic imine (C=N–C) groups is 1. The van der Waals surface area contributed by atoms with Crippen LogP contribution in [0.25, 0.3) is 0 Å². The zero-order valence-electron chi connectivity index (χ0n) is 20.6. The van der Waals surface area contributed by atoms with Crippen molar-refractivity contribution in [2.75, 3.05) is 7.11 Å². The van der Waals surface area contributed by atoms with Crippen molar-refractivity contribution in [3.05, 3.63) is 67.1 Å². The van der Waals surface area contributed by atoms with Gasteiger partial charge in [0.1, 0.15) is 5.75 Å². The van der Waals surface area contributed by atoms with E-state index < -0.39 is 0 Å². The summed E-state index contributed by atoms with van der Waals surface area (Å²) in [5, 5.41) is 0. The molecule has 1 saturated carbocycles. The maximum atomic E-state index is 5.16. The van der Waals surface area contributed by atoms with Crippen LogP contribution >= 0.6 is 9.58 Å². The molecule has 0 unspecified atom stereocenters.